The van der Waals surface area contributed by atoms with Crippen molar-refractivity contribution in [2.75, 3.05) is 27.2 Å². The maximum absolute atomic E-state index is 5.17. The Morgan fingerprint density at radius 2 is 1.86 bits per heavy atom. The van der Waals surface area contributed by atoms with Gasteiger partial charge in [0, 0.05) is 12.6 Å². The van der Waals surface area contributed by atoms with Crippen LogP contribution in [0.1, 0.15) is 44.1 Å². The molecule has 1 aromatic carbocycles. The summed E-state index contributed by atoms with van der Waals surface area (Å²) in [6.07, 6.45) is 8.30. The van der Waals surface area contributed by atoms with Crippen LogP contribution >= 0.6 is 0 Å². The number of hydrogen-bond acceptors (Lipinski definition) is 3. The molecule has 0 amide bonds. The lowest BCUT2D eigenvalue weighted by Gasteiger charge is -2.31. The van der Waals surface area contributed by atoms with E-state index in [1.807, 2.05) is 12.1 Å². The molecule has 0 bridgehead atoms. The van der Waals surface area contributed by atoms with Crippen molar-refractivity contribution < 1.29 is 4.74 Å². The van der Waals surface area contributed by atoms with Crippen LogP contribution in [0.2, 0.25) is 0 Å². The molecule has 0 radical (unpaired) electrons. The molecule has 3 nitrogen and oxygen atoms in total. The maximum Gasteiger partial charge on any atom is 0.118 e. The van der Waals surface area contributed by atoms with E-state index in [-0.39, 0.29) is 0 Å². The van der Waals surface area contributed by atoms with Crippen LogP contribution in [0.5, 0.6) is 5.75 Å². The SMILES string of the molecule is COc1ccc(CNCCCN(C)C2CCCCC2)cc1. The van der Waals surface area contributed by atoms with Gasteiger partial charge in [-0.1, -0.05) is 31.4 Å². The molecule has 0 saturated heterocycles. The molecule has 1 aromatic rings. The Labute approximate surface area is 129 Å². The van der Waals surface area contributed by atoms with Crippen molar-refractivity contribution >= 4 is 0 Å². The summed E-state index contributed by atoms with van der Waals surface area (Å²) < 4.78 is 5.17. The summed E-state index contributed by atoms with van der Waals surface area (Å²) in [6.45, 7) is 3.24. The number of nitrogens with zero attached hydrogens (tertiary/aromatic N) is 1. The average molecular weight is 290 g/mol. The van der Waals surface area contributed by atoms with Crippen molar-refractivity contribution in [2.24, 2.45) is 0 Å². The van der Waals surface area contributed by atoms with Gasteiger partial charge in [-0.25, -0.2) is 0 Å². The van der Waals surface area contributed by atoms with Crippen LogP contribution in [0.4, 0.5) is 0 Å². The van der Waals surface area contributed by atoms with E-state index in [0.717, 1.165) is 24.9 Å². The number of ether oxygens (including phenoxy) is 1. The molecule has 1 N–H and O–H groups in total. The fourth-order valence-electron chi connectivity index (χ4n) is 3.13. The van der Waals surface area contributed by atoms with Crippen LogP contribution in [-0.2, 0) is 6.54 Å². The first-order chi connectivity index (χ1) is 10.3. The molecule has 0 aliphatic heterocycles. The van der Waals surface area contributed by atoms with Gasteiger partial charge in [0.15, 0.2) is 0 Å². The van der Waals surface area contributed by atoms with Gasteiger partial charge in [-0.2, -0.15) is 0 Å². The molecule has 1 saturated carbocycles. The van der Waals surface area contributed by atoms with Gasteiger partial charge < -0.3 is 15.0 Å². The Morgan fingerprint density at radius 3 is 2.52 bits per heavy atom. The zero-order valence-electron chi connectivity index (χ0n) is 13.6. The number of rotatable bonds is 8. The lowest BCUT2D eigenvalue weighted by Crippen LogP contribution is -2.35. The standard InChI is InChI=1S/C18H30N2O/c1-20(17-7-4-3-5-8-17)14-6-13-19-15-16-9-11-18(21-2)12-10-16/h9-12,17,19H,3-8,13-15H2,1-2H3. The highest BCUT2D eigenvalue weighted by atomic mass is 16.5. The lowest BCUT2D eigenvalue weighted by atomic mass is 9.94. The molecule has 1 aliphatic rings. The van der Waals surface area contributed by atoms with Crippen molar-refractivity contribution in [1.82, 2.24) is 10.2 Å². The van der Waals surface area contributed by atoms with Crippen molar-refractivity contribution in [2.45, 2.75) is 51.1 Å². The van der Waals surface area contributed by atoms with Crippen LogP contribution < -0.4 is 10.1 Å². The maximum atomic E-state index is 5.17. The largest absolute Gasteiger partial charge is 0.497 e. The van der Waals surface area contributed by atoms with Gasteiger partial charge in [-0.15, -0.1) is 0 Å². The van der Waals surface area contributed by atoms with E-state index in [4.69, 9.17) is 4.74 Å². The van der Waals surface area contributed by atoms with Crippen molar-refractivity contribution in [3.63, 3.8) is 0 Å². The van der Waals surface area contributed by atoms with E-state index in [9.17, 15) is 0 Å². The molecule has 118 valence electrons. The van der Waals surface area contributed by atoms with E-state index < -0.39 is 0 Å². The quantitative estimate of drug-likeness (QED) is 0.742. The molecule has 0 aromatic heterocycles. The normalized spacial score (nSPS) is 16.3. The lowest BCUT2D eigenvalue weighted by molar-refractivity contribution is 0.189. The van der Waals surface area contributed by atoms with E-state index in [2.05, 4.69) is 29.4 Å². The highest BCUT2D eigenvalue weighted by Gasteiger charge is 2.16. The summed E-state index contributed by atoms with van der Waals surface area (Å²) in [6, 6.07) is 9.13. The Bertz CT molecular complexity index is 385. The van der Waals surface area contributed by atoms with E-state index in [1.54, 1.807) is 7.11 Å². The van der Waals surface area contributed by atoms with E-state index in [1.165, 1.54) is 50.6 Å². The molecule has 0 spiro atoms. The van der Waals surface area contributed by atoms with Crippen LogP contribution in [-0.4, -0.2) is 38.2 Å². The van der Waals surface area contributed by atoms with Gasteiger partial charge in [0.25, 0.3) is 0 Å². The number of hydrogen-bond donors (Lipinski definition) is 1. The summed E-state index contributed by atoms with van der Waals surface area (Å²) in [5, 5.41) is 3.53. The van der Waals surface area contributed by atoms with E-state index >= 15 is 0 Å². The summed E-state index contributed by atoms with van der Waals surface area (Å²) in [5.41, 5.74) is 1.32. The third kappa shape index (κ3) is 5.68. The first-order valence-corrected chi connectivity index (χ1v) is 8.33. The third-order valence-corrected chi connectivity index (χ3v) is 4.55. The van der Waals surface area contributed by atoms with Gasteiger partial charge >= 0.3 is 0 Å². The zero-order valence-corrected chi connectivity index (χ0v) is 13.6. The third-order valence-electron chi connectivity index (χ3n) is 4.55. The molecular formula is C18H30N2O. The molecular weight excluding hydrogens is 260 g/mol. The zero-order chi connectivity index (χ0) is 14.9. The highest BCUT2D eigenvalue weighted by molar-refractivity contribution is 5.26. The predicted molar refractivity (Wildman–Crippen MR) is 88.8 cm³/mol. The van der Waals surface area contributed by atoms with Gasteiger partial charge in [-0.05, 0) is 57.1 Å². The van der Waals surface area contributed by atoms with Crippen molar-refractivity contribution in [3.05, 3.63) is 29.8 Å². The second kappa shape index (κ2) is 9.06. The fraction of sp³-hybridized carbons (Fsp3) is 0.667. The predicted octanol–water partition coefficient (Wildman–Crippen LogP) is 3.44. The van der Waals surface area contributed by atoms with Gasteiger partial charge in [-0.3, -0.25) is 0 Å². The van der Waals surface area contributed by atoms with Crippen LogP contribution in [0.25, 0.3) is 0 Å². The Hall–Kier alpha value is -1.06. The van der Waals surface area contributed by atoms with Gasteiger partial charge in [0.05, 0.1) is 7.11 Å². The Balaban J connectivity index is 1.56. The smallest absolute Gasteiger partial charge is 0.118 e. The molecule has 0 atom stereocenters. The van der Waals surface area contributed by atoms with Gasteiger partial charge in [0.2, 0.25) is 0 Å². The monoisotopic (exact) mass is 290 g/mol. The van der Waals surface area contributed by atoms with Crippen LogP contribution in [0.15, 0.2) is 24.3 Å². The van der Waals surface area contributed by atoms with Crippen molar-refractivity contribution in [3.8, 4) is 5.75 Å². The minimum Gasteiger partial charge on any atom is -0.497 e. The van der Waals surface area contributed by atoms with Gasteiger partial charge in [0.1, 0.15) is 5.75 Å². The second-order valence-corrected chi connectivity index (χ2v) is 6.15. The Kier molecular flexibility index (Phi) is 7.04. The van der Waals surface area contributed by atoms with Crippen LogP contribution in [0.3, 0.4) is 0 Å². The summed E-state index contributed by atoms with van der Waals surface area (Å²) in [5.74, 6) is 0.924. The average Bonchev–Trinajstić information content (AvgIpc) is 2.55. The first-order valence-electron chi connectivity index (χ1n) is 8.33. The van der Waals surface area contributed by atoms with E-state index in [0.29, 0.717) is 0 Å². The molecule has 0 heterocycles. The molecule has 21 heavy (non-hydrogen) atoms. The minimum absolute atomic E-state index is 0.834. The number of methoxy groups -OCH3 is 1. The molecule has 2 rings (SSSR count). The molecule has 3 heteroatoms. The molecule has 1 aliphatic carbocycles. The summed E-state index contributed by atoms with van der Waals surface area (Å²) >= 11 is 0. The number of nitrogens with one attached hydrogen (secondary N) is 1. The summed E-state index contributed by atoms with van der Waals surface area (Å²) in [4.78, 5) is 2.56. The summed E-state index contributed by atoms with van der Waals surface area (Å²) in [7, 11) is 4.00. The first kappa shape index (κ1) is 16.3. The van der Waals surface area contributed by atoms with Crippen LogP contribution in [0, 0.1) is 0 Å². The molecule has 1 fully saturated rings. The molecule has 0 unspecified atom stereocenters. The minimum atomic E-state index is 0.834. The number of benzene rings is 1. The topological polar surface area (TPSA) is 24.5 Å². The van der Waals surface area contributed by atoms with Crippen molar-refractivity contribution in [1.29, 1.82) is 0 Å². The highest BCUT2D eigenvalue weighted by Crippen LogP contribution is 2.21. The second-order valence-electron chi connectivity index (χ2n) is 6.15. The fourth-order valence-corrected chi connectivity index (χ4v) is 3.13. The Morgan fingerprint density at radius 1 is 1.14 bits per heavy atom.